The topological polar surface area (TPSA) is 68.2 Å². The van der Waals surface area contributed by atoms with Gasteiger partial charge >= 0.3 is 0 Å². The first-order chi connectivity index (χ1) is 13.4. The third-order valence-corrected chi connectivity index (χ3v) is 4.63. The normalized spacial score (nSPS) is 11.1. The summed E-state index contributed by atoms with van der Waals surface area (Å²) in [6, 6.07) is 19.3. The van der Waals surface area contributed by atoms with E-state index in [-0.39, 0.29) is 22.7 Å². The van der Waals surface area contributed by atoms with Crippen molar-refractivity contribution in [2.75, 3.05) is 6.61 Å². The molecule has 3 rings (SSSR count). The molecule has 0 aliphatic rings. The molecule has 0 radical (unpaired) electrons. The molecule has 0 heterocycles. The summed E-state index contributed by atoms with van der Waals surface area (Å²) >= 11 is 0. The van der Waals surface area contributed by atoms with Crippen molar-refractivity contribution in [1.82, 2.24) is 0 Å². The molecule has 5 nitrogen and oxygen atoms in total. The van der Waals surface area contributed by atoms with E-state index < -0.39 is 0 Å². The quantitative estimate of drug-likeness (QED) is 0.436. The second kappa shape index (κ2) is 8.13. The summed E-state index contributed by atoms with van der Waals surface area (Å²) in [5, 5.41) is 19.7. The molecule has 0 aliphatic heterocycles. The van der Waals surface area contributed by atoms with E-state index in [0.29, 0.717) is 12.4 Å². The molecule has 5 heteroatoms. The number of ether oxygens (including phenoxy) is 1. The third kappa shape index (κ3) is 4.31. The maximum atomic E-state index is 10.4. The van der Waals surface area contributed by atoms with E-state index >= 15 is 0 Å². The smallest absolute Gasteiger partial charge is 0.220 e. The minimum atomic E-state index is -0.321. The summed E-state index contributed by atoms with van der Waals surface area (Å²) in [7, 11) is 0. The highest BCUT2D eigenvalue weighted by Gasteiger charge is 2.24. The first-order valence-electron chi connectivity index (χ1n) is 9.10. The highest BCUT2D eigenvalue weighted by atomic mass is 17.2. The highest BCUT2D eigenvalue weighted by Crippen LogP contribution is 2.37. The van der Waals surface area contributed by atoms with Crippen LogP contribution in [0.4, 0.5) is 0 Å². The van der Waals surface area contributed by atoms with Crippen LogP contribution in [0.15, 0.2) is 66.7 Å². The first kappa shape index (κ1) is 19.4. The van der Waals surface area contributed by atoms with E-state index in [1.807, 2.05) is 37.3 Å². The van der Waals surface area contributed by atoms with Gasteiger partial charge in [0.05, 0.1) is 6.61 Å². The Bertz CT molecular complexity index is 915. The minimum absolute atomic E-state index is 0.0183. The van der Waals surface area contributed by atoms with Crippen molar-refractivity contribution in [3.63, 3.8) is 0 Å². The summed E-state index contributed by atoms with van der Waals surface area (Å²) < 4.78 is 5.50. The Morgan fingerprint density at radius 3 is 1.96 bits per heavy atom. The molecule has 0 aromatic heterocycles. The van der Waals surface area contributed by atoms with Crippen molar-refractivity contribution in [2.24, 2.45) is 0 Å². The zero-order valence-electron chi connectivity index (χ0n) is 16.2. The van der Waals surface area contributed by atoms with Gasteiger partial charge in [0.2, 0.25) is 5.75 Å². The average molecular weight is 380 g/mol. The van der Waals surface area contributed by atoms with Gasteiger partial charge in [0, 0.05) is 5.41 Å². The van der Waals surface area contributed by atoms with E-state index in [9.17, 15) is 10.2 Å². The van der Waals surface area contributed by atoms with Gasteiger partial charge in [0.15, 0.2) is 11.5 Å². The molecule has 0 bridgehead atoms. The van der Waals surface area contributed by atoms with Gasteiger partial charge in [-0.2, -0.15) is 0 Å². The molecule has 0 unspecified atom stereocenters. The predicted molar refractivity (Wildman–Crippen MR) is 107 cm³/mol. The van der Waals surface area contributed by atoms with Crippen molar-refractivity contribution in [3.05, 3.63) is 77.9 Å². The summed E-state index contributed by atoms with van der Waals surface area (Å²) in [6.45, 7) is 6.76. The highest BCUT2D eigenvalue weighted by molar-refractivity contribution is 5.48. The van der Waals surface area contributed by atoms with Crippen molar-refractivity contribution in [3.8, 4) is 28.7 Å². The minimum Gasteiger partial charge on any atom is -0.508 e. The lowest BCUT2D eigenvalue weighted by atomic mass is 9.78. The molecule has 28 heavy (non-hydrogen) atoms. The van der Waals surface area contributed by atoms with Gasteiger partial charge in [-0.3, -0.25) is 9.78 Å². The number of phenols is 2. The molecule has 0 saturated carbocycles. The Balaban J connectivity index is 1.75. The van der Waals surface area contributed by atoms with Crippen molar-refractivity contribution in [1.29, 1.82) is 0 Å². The molecule has 0 spiro atoms. The monoisotopic (exact) mass is 380 g/mol. The van der Waals surface area contributed by atoms with Gasteiger partial charge in [0.25, 0.3) is 0 Å². The van der Waals surface area contributed by atoms with Crippen LogP contribution in [0.3, 0.4) is 0 Å². The van der Waals surface area contributed by atoms with Crippen LogP contribution < -0.4 is 14.5 Å². The number of rotatable bonds is 7. The number of phenolic OH excluding ortho intramolecular Hbond substituents is 2. The van der Waals surface area contributed by atoms with Gasteiger partial charge in [-0.25, -0.2) is 0 Å². The zero-order chi connectivity index (χ0) is 20.1. The van der Waals surface area contributed by atoms with E-state index in [2.05, 4.69) is 13.8 Å². The number of benzene rings is 3. The molecule has 0 saturated heterocycles. The maximum Gasteiger partial charge on any atom is 0.220 e. The summed E-state index contributed by atoms with van der Waals surface area (Å²) in [5.74, 6) is 1.57. The predicted octanol–water partition coefficient (Wildman–Crippen LogP) is 5.20. The zero-order valence-corrected chi connectivity index (χ0v) is 16.2. The Hall–Kier alpha value is -3.34. The van der Waals surface area contributed by atoms with E-state index in [0.717, 1.165) is 16.9 Å². The van der Waals surface area contributed by atoms with Crippen molar-refractivity contribution in [2.45, 2.75) is 26.2 Å². The van der Waals surface area contributed by atoms with Crippen molar-refractivity contribution >= 4 is 0 Å². The van der Waals surface area contributed by atoms with Gasteiger partial charge in [-0.1, -0.05) is 32.0 Å². The van der Waals surface area contributed by atoms with E-state index in [4.69, 9.17) is 14.5 Å². The fraction of sp³-hybridized carbons (Fsp3) is 0.217. The van der Waals surface area contributed by atoms with E-state index in [1.165, 1.54) is 12.1 Å². The largest absolute Gasteiger partial charge is 0.508 e. The van der Waals surface area contributed by atoms with Crippen LogP contribution in [0.1, 0.15) is 31.9 Å². The molecule has 0 fully saturated rings. The lowest BCUT2D eigenvalue weighted by molar-refractivity contribution is -0.102. The van der Waals surface area contributed by atoms with Crippen LogP contribution in [0, 0.1) is 0 Å². The van der Waals surface area contributed by atoms with Gasteiger partial charge in [-0.05, 0) is 66.6 Å². The van der Waals surface area contributed by atoms with Crippen LogP contribution in [0.5, 0.6) is 28.7 Å². The molecule has 2 N–H and O–H groups in total. The number of hydrogen-bond donors (Lipinski definition) is 2. The Labute approximate surface area is 164 Å². The second-order valence-electron chi connectivity index (χ2n) is 6.93. The standard InChI is InChI=1S/C23H24O5/c1-4-26-19-10-5-16(6-11-19)23(2,3)17-7-14-22(21(25)15-17)28-27-20-12-8-18(24)9-13-20/h5-15,24-25H,4H2,1-3H3. The SMILES string of the molecule is CCOc1ccc(C(C)(C)c2ccc(OOc3ccc(O)cc3)c(O)c2)cc1. The molecular weight excluding hydrogens is 356 g/mol. The van der Waals surface area contributed by atoms with Crippen LogP contribution in [-0.4, -0.2) is 16.8 Å². The summed E-state index contributed by atoms with van der Waals surface area (Å²) in [6.07, 6.45) is 0. The molecule has 0 aliphatic carbocycles. The summed E-state index contributed by atoms with van der Waals surface area (Å²) in [5.41, 5.74) is 1.72. The molecule has 0 amide bonds. The third-order valence-electron chi connectivity index (χ3n) is 4.63. The molecule has 3 aromatic carbocycles. The van der Waals surface area contributed by atoms with E-state index in [1.54, 1.807) is 24.3 Å². The lowest BCUT2D eigenvalue weighted by Gasteiger charge is -2.26. The first-order valence-corrected chi connectivity index (χ1v) is 9.10. The fourth-order valence-electron chi connectivity index (χ4n) is 2.87. The average Bonchev–Trinajstić information content (AvgIpc) is 2.69. The van der Waals surface area contributed by atoms with Gasteiger partial charge in [0.1, 0.15) is 11.5 Å². The molecule has 0 atom stereocenters. The lowest BCUT2D eigenvalue weighted by Crippen LogP contribution is -2.18. The molecule has 146 valence electrons. The number of hydrogen-bond acceptors (Lipinski definition) is 5. The molecule has 3 aromatic rings. The second-order valence-corrected chi connectivity index (χ2v) is 6.93. The Morgan fingerprint density at radius 1 is 0.750 bits per heavy atom. The van der Waals surface area contributed by atoms with Crippen molar-refractivity contribution < 1.29 is 24.7 Å². The van der Waals surface area contributed by atoms with Gasteiger partial charge < -0.3 is 14.9 Å². The molecular formula is C23H24O5. The number of aromatic hydroxyl groups is 2. The van der Waals surface area contributed by atoms with Gasteiger partial charge in [-0.15, -0.1) is 0 Å². The van der Waals surface area contributed by atoms with Crippen LogP contribution in [0.25, 0.3) is 0 Å². The summed E-state index contributed by atoms with van der Waals surface area (Å²) in [4.78, 5) is 10.4. The maximum absolute atomic E-state index is 10.4. The van der Waals surface area contributed by atoms with Crippen LogP contribution in [-0.2, 0) is 5.41 Å². The Kier molecular flexibility index (Phi) is 5.64. The van der Waals surface area contributed by atoms with Crippen LogP contribution >= 0.6 is 0 Å². The Morgan fingerprint density at radius 2 is 1.36 bits per heavy atom. The van der Waals surface area contributed by atoms with Crippen LogP contribution in [0.2, 0.25) is 0 Å². The fourth-order valence-corrected chi connectivity index (χ4v) is 2.87.